The Bertz CT molecular complexity index is 1160. The van der Waals surface area contributed by atoms with Crippen molar-refractivity contribution in [3.8, 4) is 11.3 Å². The quantitative estimate of drug-likeness (QED) is 0.429. The number of amides is 1. The SMILES string of the molecule is Cc1c(C(=O)N[C@H]2C[C@H](C(=O)O)C2)cc(-c2cc(C(F)F)cc(C3(C)CC3)c2)n1CC1CCCCC1. The molecule has 3 aliphatic rings. The molecule has 1 aromatic heterocycles. The van der Waals surface area contributed by atoms with Gasteiger partial charge in [-0.25, -0.2) is 8.78 Å². The number of carbonyl (C=O) groups excluding carboxylic acids is 1. The Hall–Kier alpha value is -2.70. The maximum Gasteiger partial charge on any atom is 0.306 e. The first-order chi connectivity index (χ1) is 17.1. The molecule has 2 aromatic rings. The zero-order valence-corrected chi connectivity index (χ0v) is 21.2. The molecule has 1 amide bonds. The minimum atomic E-state index is -2.56. The fourth-order valence-electron chi connectivity index (χ4n) is 5.93. The third-order valence-corrected chi connectivity index (χ3v) is 8.80. The van der Waals surface area contributed by atoms with Gasteiger partial charge in [-0.05, 0) is 92.2 Å². The van der Waals surface area contributed by atoms with E-state index >= 15 is 0 Å². The monoisotopic (exact) mass is 498 g/mol. The molecule has 3 fully saturated rings. The summed E-state index contributed by atoms with van der Waals surface area (Å²) in [5.74, 6) is -0.940. The molecular formula is C29H36F2N2O3. The van der Waals surface area contributed by atoms with Crippen LogP contribution in [0, 0.1) is 18.8 Å². The molecule has 0 bridgehead atoms. The first-order valence-electron chi connectivity index (χ1n) is 13.3. The summed E-state index contributed by atoms with van der Waals surface area (Å²) in [5.41, 5.74) is 3.85. The van der Waals surface area contributed by atoms with Crippen LogP contribution in [-0.4, -0.2) is 27.6 Å². The highest BCUT2D eigenvalue weighted by molar-refractivity contribution is 5.97. The van der Waals surface area contributed by atoms with E-state index < -0.39 is 18.3 Å². The zero-order chi connectivity index (χ0) is 25.6. The number of benzene rings is 1. The van der Waals surface area contributed by atoms with Crippen molar-refractivity contribution < 1.29 is 23.5 Å². The number of nitrogens with one attached hydrogen (secondary N) is 1. The highest BCUT2D eigenvalue weighted by Gasteiger charge is 2.40. The van der Waals surface area contributed by atoms with E-state index in [1.807, 2.05) is 19.1 Å². The second-order valence-corrected chi connectivity index (χ2v) is 11.5. The first-order valence-corrected chi connectivity index (χ1v) is 13.3. The number of carbonyl (C=O) groups is 2. The van der Waals surface area contributed by atoms with Crippen molar-refractivity contribution in [3.05, 3.63) is 46.6 Å². The second kappa shape index (κ2) is 9.64. The van der Waals surface area contributed by atoms with Crippen molar-refractivity contribution in [3.63, 3.8) is 0 Å². The molecule has 0 spiro atoms. The molecule has 7 heteroatoms. The molecule has 0 atom stereocenters. The number of halogens is 2. The van der Waals surface area contributed by atoms with Crippen LogP contribution in [0.5, 0.6) is 0 Å². The van der Waals surface area contributed by atoms with Crippen molar-refractivity contribution in [1.29, 1.82) is 0 Å². The fourth-order valence-corrected chi connectivity index (χ4v) is 5.93. The van der Waals surface area contributed by atoms with E-state index in [-0.39, 0.29) is 22.9 Å². The van der Waals surface area contributed by atoms with Gasteiger partial charge in [-0.15, -0.1) is 0 Å². The van der Waals surface area contributed by atoms with Crippen LogP contribution in [0.25, 0.3) is 11.3 Å². The third kappa shape index (κ3) is 4.94. The summed E-state index contributed by atoms with van der Waals surface area (Å²) in [7, 11) is 0. The van der Waals surface area contributed by atoms with Crippen LogP contribution < -0.4 is 5.32 Å². The summed E-state index contributed by atoms with van der Waals surface area (Å²) in [4.78, 5) is 24.4. The maximum absolute atomic E-state index is 13.9. The molecule has 36 heavy (non-hydrogen) atoms. The predicted octanol–water partition coefficient (Wildman–Crippen LogP) is 6.63. The standard InChI is InChI=1S/C29H36F2N2O3/c1-17-24(27(34)32-23-13-21(14-23)28(35)36)15-25(33(17)16-18-6-4-3-5-7-18)19-10-20(26(30)31)12-22(11-19)29(2)8-9-29/h10-12,15,18,21,23,26H,3-9,13-14,16H2,1-2H3,(H,32,34)(H,35,36)/t21-,23-. The van der Waals surface area contributed by atoms with Gasteiger partial charge >= 0.3 is 5.97 Å². The van der Waals surface area contributed by atoms with E-state index in [0.29, 0.717) is 24.3 Å². The number of aliphatic carboxylic acids is 1. The van der Waals surface area contributed by atoms with Gasteiger partial charge < -0.3 is 15.0 Å². The molecule has 1 heterocycles. The first kappa shape index (κ1) is 25.0. The van der Waals surface area contributed by atoms with Crippen LogP contribution in [0.4, 0.5) is 8.78 Å². The Morgan fingerprint density at radius 1 is 1.11 bits per heavy atom. The summed E-state index contributed by atoms with van der Waals surface area (Å²) in [6.45, 7) is 4.82. The number of hydrogen-bond donors (Lipinski definition) is 2. The van der Waals surface area contributed by atoms with E-state index in [2.05, 4.69) is 16.8 Å². The van der Waals surface area contributed by atoms with Crippen LogP contribution >= 0.6 is 0 Å². The van der Waals surface area contributed by atoms with E-state index in [1.165, 1.54) is 19.3 Å². The Kier molecular flexibility index (Phi) is 6.69. The van der Waals surface area contributed by atoms with Crippen molar-refractivity contribution in [2.75, 3.05) is 0 Å². The largest absolute Gasteiger partial charge is 0.481 e. The van der Waals surface area contributed by atoms with Gasteiger partial charge in [0.05, 0.1) is 11.5 Å². The van der Waals surface area contributed by atoms with Gasteiger partial charge in [0.2, 0.25) is 0 Å². The van der Waals surface area contributed by atoms with Crippen molar-refractivity contribution >= 4 is 11.9 Å². The van der Waals surface area contributed by atoms with Gasteiger partial charge in [0.25, 0.3) is 12.3 Å². The van der Waals surface area contributed by atoms with Crippen molar-refractivity contribution in [2.45, 2.75) is 96.1 Å². The molecule has 5 rings (SSSR count). The highest BCUT2D eigenvalue weighted by Crippen LogP contribution is 2.49. The topological polar surface area (TPSA) is 71.3 Å². The summed E-state index contributed by atoms with van der Waals surface area (Å²) in [5, 5.41) is 12.1. The predicted molar refractivity (Wildman–Crippen MR) is 134 cm³/mol. The lowest BCUT2D eigenvalue weighted by molar-refractivity contribution is -0.145. The minimum absolute atomic E-state index is 0.0267. The van der Waals surface area contributed by atoms with Crippen LogP contribution in [0.1, 0.15) is 98.3 Å². The molecule has 3 saturated carbocycles. The van der Waals surface area contributed by atoms with Crippen LogP contribution in [0.2, 0.25) is 0 Å². The number of alkyl halides is 2. The lowest BCUT2D eigenvalue weighted by Gasteiger charge is -2.32. The second-order valence-electron chi connectivity index (χ2n) is 11.5. The summed E-state index contributed by atoms with van der Waals surface area (Å²) in [6, 6.07) is 6.97. The number of hydrogen-bond acceptors (Lipinski definition) is 2. The molecule has 0 radical (unpaired) electrons. The average molecular weight is 499 g/mol. The Balaban J connectivity index is 1.50. The van der Waals surface area contributed by atoms with E-state index in [1.54, 1.807) is 12.1 Å². The molecule has 194 valence electrons. The number of rotatable bonds is 8. The normalized spacial score (nSPS) is 23.4. The summed E-state index contributed by atoms with van der Waals surface area (Å²) >= 11 is 0. The van der Waals surface area contributed by atoms with E-state index in [9.17, 15) is 18.4 Å². The van der Waals surface area contributed by atoms with E-state index in [0.717, 1.165) is 54.7 Å². The van der Waals surface area contributed by atoms with Gasteiger partial charge in [0, 0.05) is 29.5 Å². The van der Waals surface area contributed by atoms with Crippen LogP contribution in [0.15, 0.2) is 24.3 Å². The number of carboxylic acid groups (broad SMARTS) is 1. The smallest absolute Gasteiger partial charge is 0.306 e. The summed E-state index contributed by atoms with van der Waals surface area (Å²) in [6.07, 6.45) is 6.22. The molecule has 0 unspecified atom stereocenters. The minimum Gasteiger partial charge on any atom is -0.481 e. The van der Waals surface area contributed by atoms with Gasteiger partial charge in [-0.3, -0.25) is 9.59 Å². The average Bonchev–Trinajstić information content (AvgIpc) is 3.50. The molecule has 0 aliphatic heterocycles. The molecule has 0 saturated heterocycles. The summed E-state index contributed by atoms with van der Waals surface area (Å²) < 4.78 is 30.0. The molecular weight excluding hydrogens is 462 g/mol. The Morgan fingerprint density at radius 3 is 2.42 bits per heavy atom. The Labute approximate surface area is 211 Å². The lowest BCUT2D eigenvalue weighted by atomic mass is 9.80. The maximum atomic E-state index is 13.9. The van der Waals surface area contributed by atoms with Gasteiger partial charge in [-0.1, -0.05) is 26.2 Å². The zero-order valence-electron chi connectivity index (χ0n) is 21.2. The highest BCUT2D eigenvalue weighted by atomic mass is 19.3. The van der Waals surface area contributed by atoms with Crippen LogP contribution in [0.3, 0.4) is 0 Å². The lowest BCUT2D eigenvalue weighted by Crippen LogP contribution is -2.46. The molecule has 3 aliphatic carbocycles. The van der Waals surface area contributed by atoms with Crippen LogP contribution in [-0.2, 0) is 16.8 Å². The molecule has 1 aromatic carbocycles. The Morgan fingerprint density at radius 2 is 1.81 bits per heavy atom. The third-order valence-electron chi connectivity index (χ3n) is 8.80. The number of aromatic nitrogens is 1. The van der Waals surface area contributed by atoms with Crippen molar-refractivity contribution in [2.24, 2.45) is 11.8 Å². The molecule has 5 nitrogen and oxygen atoms in total. The van der Waals surface area contributed by atoms with Gasteiger partial charge in [0.1, 0.15) is 0 Å². The van der Waals surface area contributed by atoms with Gasteiger partial charge in [0.15, 0.2) is 0 Å². The number of nitrogens with zero attached hydrogens (tertiary/aromatic N) is 1. The van der Waals surface area contributed by atoms with E-state index in [4.69, 9.17) is 5.11 Å². The fraction of sp³-hybridized carbons (Fsp3) is 0.586. The van der Waals surface area contributed by atoms with Gasteiger partial charge in [-0.2, -0.15) is 0 Å². The molecule has 2 N–H and O–H groups in total. The number of carboxylic acids is 1. The van der Waals surface area contributed by atoms with Crippen molar-refractivity contribution in [1.82, 2.24) is 9.88 Å².